The van der Waals surface area contributed by atoms with Gasteiger partial charge in [-0.15, -0.1) is 0 Å². The lowest BCUT2D eigenvalue weighted by atomic mass is 10.2. The summed E-state index contributed by atoms with van der Waals surface area (Å²) < 4.78 is 34.5. The highest BCUT2D eigenvalue weighted by Gasteiger charge is 2.61. The predicted octanol–water partition coefficient (Wildman–Crippen LogP) is 4.87. The fraction of sp³-hybridized carbons (Fsp3) is 0.536. The van der Waals surface area contributed by atoms with Crippen LogP contribution >= 0.6 is 0 Å². The van der Waals surface area contributed by atoms with Crippen LogP contribution in [0.5, 0.6) is 0 Å². The minimum atomic E-state index is -3.11. The van der Waals surface area contributed by atoms with Gasteiger partial charge in [0, 0.05) is 12.3 Å². The first kappa shape index (κ1) is 30.2. The third kappa shape index (κ3) is 5.42. The van der Waals surface area contributed by atoms with Crippen LogP contribution < -0.4 is 11.2 Å². The molecule has 1 aromatic heterocycles. The zero-order valence-electron chi connectivity index (χ0n) is 24.4. The molecular weight excluding hydrogens is 548 g/mol. The van der Waals surface area contributed by atoms with Gasteiger partial charge in [0.25, 0.3) is 5.56 Å². The van der Waals surface area contributed by atoms with Crippen molar-refractivity contribution in [3.05, 3.63) is 74.8 Å². The van der Waals surface area contributed by atoms with Crippen molar-refractivity contribution in [3.63, 3.8) is 0 Å². The second-order valence-electron chi connectivity index (χ2n) is 11.6. The Morgan fingerprint density at radius 3 is 2.08 bits per heavy atom. The van der Waals surface area contributed by atoms with E-state index in [4.69, 9.17) is 22.4 Å². The summed E-state index contributed by atoms with van der Waals surface area (Å²) in [4.78, 5) is 40.2. The Balaban J connectivity index is 1.89. The minimum Gasteiger partial charge on any atom is -0.467 e. The molecular formula is C28H40N2O8Si2. The van der Waals surface area contributed by atoms with Crippen LogP contribution in [-0.4, -0.2) is 51.5 Å². The van der Waals surface area contributed by atoms with Crippen LogP contribution in [-0.2, 0) is 22.4 Å². The minimum absolute atomic E-state index is 0.0187. The molecule has 1 N–H and O–H groups in total. The van der Waals surface area contributed by atoms with Crippen LogP contribution in [0.4, 0.5) is 0 Å². The number of fused-ring (bicyclic) bond motifs is 1. The molecule has 0 bridgehead atoms. The van der Waals surface area contributed by atoms with Gasteiger partial charge in [-0.25, -0.2) is 14.2 Å². The molecule has 2 aromatic rings. The molecule has 0 amide bonds. The number of H-pyrrole nitrogens is 1. The van der Waals surface area contributed by atoms with Gasteiger partial charge in [0.1, 0.15) is 0 Å². The molecule has 40 heavy (non-hydrogen) atoms. The van der Waals surface area contributed by atoms with Gasteiger partial charge in [0.05, 0.1) is 12.2 Å². The third-order valence-corrected chi connectivity index (χ3v) is 17.9. The van der Waals surface area contributed by atoms with E-state index in [0.29, 0.717) is 5.56 Å². The van der Waals surface area contributed by atoms with E-state index in [9.17, 15) is 14.4 Å². The summed E-state index contributed by atoms with van der Waals surface area (Å²) in [5.41, 5.74) is -0.669. The molecule has 4 rings (SSSR count). The van der Waals surface area contributed by atoms with Crippen molar-refractivity contribution in [2.24, 2.45) is 0 Å². The van der Waals surface area contributed by atoms with Crippen molar-refractivity contribution in [2.45, 2.75) is 89.8 Å². The Labute approximate surface area is 236 Å². The molecule has 2 aliphatic rings. The zero-order chi connectivity index (χ0) is 29.4. The molecule has 2 atom stereocenters. The number of benzene rings is 1. The molecule has 2 aliphatic heterocycles. The van der Waals surface area contributed by atoms with Crippen LogP contribution in [0, 0.1) is 0 Å². The monoisotopic (exact) mass is 588 g/mol. The molecule has 1 aromatic carbocycles. The number of esters is 1. The SMILES string of the molecule is CC(C)[Si]1(C(C)C)OCC2OC(n3ccc(=O)[nH]c3=O)=C(OC(=O)c3ccccc3)C2O[Si](C(C)C)(C(C)C)O1. The van der Waals surface area contributed by atoms with Crippen LogP contribution in [0.2, 0.25) is 22.2 Å². The van der Waals surface area contributed by atoms with E-state index in [1.54, 1.807) is 30.3 Å². The van der Waals surface area contributed by atoms with Gasteiger partial charge in [0.15, 0.2) is 18.0 Å². The van der Waals surface area contributed by atoms with Gasteiger partial charge in [-0.1, -0.05) is 73.6 Å². The lowest BCUT2D eigenvalue weighted by Crippen LogP contribution is -2.65. The second-order valence-corrected chi connectivity index (χ2v) is 20.4. The number of carbonyl (C=O) groups is 1. The van der Waals surface area contributed by atoms with Crippen molar-refractivity contribution >= 4 is 29.0 Å². The number of hydrogen-bond donors (Lipinski definition) is 1. The van der Waals surface area contributed by atoms with Gasteiger partial charge >= 0.3 is 28.8 Å². The summed E-state index contributed by atoms with van der Waals surface area (Å²) in [6, 6.07) is 9.74. The van der Waals surface area contributed by atoms with E-state index in [0.717, 1.165) is 4.57 Å². The molecule has 0 spiro atoms. The molecule has 0 aliphatic carbocycles. The van der Waals surface area contributed by atoms with E-state index in [1.165, 1.54) is 12.3 Å². The Morgan fingerprint density at radius 1 is 0.925 bits per heavy atom. The van der Waals surface area contributed by atoms with Gasteiger partial charge in [-0.3, -0.25) is 9.78 Å². The Morgan fingerprint density at radius 2 is 1.52 bits per heavy atom. The molecule has 218 valence electrons. The number of nitrogens with zero attached hydrogens (tertiary/aromatic N) is 1. The van der Waals surface area contributed by atoms with E-state index >= 15 is 0 Å². The molecule has 1 saturated heterocycles. The van der Waals surface area contributed by atoms with E-state index in [2.05, 4.69) is 60.4 Å². The van der Waals surface area contributed by atoms with Crippen LogP contribution in [0.1, 0.15) is 65.7 Å². The number of rotatable bonds is 7. The third-order valence-electron chi connectivity index (χ3n) is 7.65. The molecule has 10 nitrogen and oxygen atoms in total. The Hall–Kier alpha value is -2.78. The average molecular weight is 589 g/mol. The van der Waals surface area contributed by atoms with Crippen LogP contribution in [0.15, 0.2) is 57.9 Å². The summed E-state index contributed by atoms with van der Waals surface area (Å²) in [5.74, 6) is -0.610. The first-order valence-electron chi connectivity index (χ1n) is 13.8. The van der Waals surface area contributed by atoms with Crippen LogP contribution in [0.25, 0.3) is 5.88 Å². The van der Waals surface area contributed by atoms with Gasteiger partial charge in [-0.2, -0.15) is 0 Å². The summed E-state index contributed by atoms with van der Waals surface area (Å²) in [6.45, 7) is 17.0. The maximum Gasteiger partial charge on any atom is 0.343 e. The van der Waals surface area contributed by atoms with E-state index < -0.39 is 46.5 Å². The van der Waals surface area contributed by atoms with Crippen molar-refractivity contribution in [3.8, 4) is 0 Å². The number of aromatic amines is 1. The van der Waals surface area contributed by atoms with Crippen molar-refractivity contribution in [1.29, 1.82) is 0 Å². The van der Waals surface area contributed by atoms with Crippen molar-refractivity contribution in [2.75, 3.05) is 6.61 Å². The highest BCUT2D eigenvalue weighted by molar-refractivity contribution is 6.84. The topological polar surface area (TPSA) is 118 Å². The highest BCUT2D eigenvalue weighted by atomic mass is 28.5. The van der Waals surface area contributed by atoms with Gasteiger partial charge in [0.2, 0.25) is 5.88 Å². The molecule has 2 unspecified atom stereocenters. The van der Waals surface area contributed by atoms with Crippen LogP contribution in [0.3, 0.4) is 0 Å². The number of hydrogen-bond acceptors (Lipinski definition) is 8. The highest BCUT2D eigenvalue weighted by Crippen LogP contribution is 2.48. The zero-order valence-corrected chi connectivity index (χ0v) is 26.4. The summed E-state index contributed by atoms with van der Waals surface area (Å²) in [7, 11) is -5.96. The summed E-state index contributed by atoms with van der Waals surface area (Å²) in [6.07, 6.45) is -0.311. The number of carbonyl (C=O) groups excluding carboxylic acids is 1. The summed E-state index contributed by atoms with van der Waals surface area (Å²) in [5, 5.41) is 0. The lowest BCUT2D eigenvalue weighted by Gasteiger charge is -2.51. The standard InChI is InChI=1S/C28H40N2O8Si2/c1-17(2)39(18(3)4)34-16-22-24(37-40(38-39,19(5)6)20(7)8)25(36-27(32)21-12-10-9-11-13-21)26(35-22)30-15-14-23(31)29-28(30)33/h9-15,17-20,22,24H,16H2,1-8H3,(H,29,31,33). The fourth-order valence-corrected chi connectivity index (χ4v) is 16.7. The van der Waals surface area contributed by atoms with Crippen molar-refractivity contribution < 1.29 is 27.2 Å². The molecule has 0 saturated carbocycles. The Kier molecular flexibility index (Phi) is 8.76. The molecule has 12 heteroatoms. The number of nitrogens with one attached hydrogen (secondary N) is 1. The fourth-order valence-electron chi connectivity index (χ4n) is 5.52. The first-order chi connectivity index (χ1) is 18.8. The second kappa shape index (κ2) is 11.6. The number of aromatic nitrogens is 2. The first-order valence-corrected chi connectivity index (χ1v) is 17.8. The quantitative estimate of drug-likeness (QED) is 0.359. The predicted molar refractivity (Wildman–Crippen MR) is 155 cm³/mol. The molecule has 3 heterocycles. The van der Waals surface area contributed by atoms with Gasteiger partial charge in [-0.05, 0) is 34.3 Å². The normalized spacial score (nSPS) is 22.3. The molecule has 0 radical (unpaired) electrons. The molecule has 1 fully saturated rings. The number of ether oxygens (including phenoxy) is 2. The van der Waals surface area contributed by atoms with Gasteiger partial charge < -0.3 is 22.4 Å². The largest absolute Gasteiger partial charge is 0.467 e. The average Bonchev–Trinajstić information content (AvgIpc) is 3.19. The maximum atomic E-state index is 13.3. The lowest BCUT2D eigenvalue weighted by molar-refractivity contribution is -0.0173. The van der Waals surface area contributed by atoms with E-state index in [1.807, 2.05) is 0 Å². The van der Waals surface area contributed by atoms with E-state index in [-0.39, 0.29) is 40.4 Å². The summed E-state index contributed by atoms with van der Waals surface area (Å²) >= 11 is 0. The van der Waals surface area contributed by atoms with Crippen molar-refractivity contribution in [1.82, 2.24) is 9.55 Å². The smallest absolute Gasteiger partial charge is 0.343 e. The maximum absolute atomic E-state index is 13.3. The Bertz CT molecular complexity index is 1350.